The summed E-state index contributed by atoms with van der Waals surface area (Å²) >= 11 is 1.20. The molecule has 0 aliphatic carbocycles. The van der Waals surface area contributed by atoms with Gasteiger partial charge in [0.2, 0.25) is 5.91 Å². The van der Waals surface area contributed by atoms with Gasteiger partial charge in [-0.05, 0) is 46.5 Å². The number of aryl methyl sites for hydroxylation is 1. The largest absolute Gasteiger partial charge is 0.326 e. The van der Waals surface area contributed by atoms with Gasteiger partial charge in [-0.2, -0.15) is 0 Å². The van der Waals surface area contributed by atoms with Crippen molar-refractivity contribution in [2.45, 2.75) is 24.2 Å². The van der Waals surface area contributed by atoms with Crippen LogP contribution in [0.4, 0.5) is 5.69 Å². The molecule has 1 unspecified atom stereocenters. The van der Waals surface area contributed by atoms with Crippen molar-refractivity contribution < 1.29 is 13.6 Å². The Morgan fingerprint density at radius 2 is 2.12 bits per heavy atom. The van der Waals surface area contributed by atoms with Gasteiger partial charge in [-0.25, -0.2) is 4.21 Å². The van der Waals surface area contributed by atoms with E-state index in [9.17, 15) is 9.00 Å². The molecule has 0 spiro atoms. The van der Waals surface area contributed by atoms with E-state index in [2.05, 4.69) is 21.2 Å². The molecular formula is C10H10BrNO3S. The number of halogens is 1. The van der Waals surface area contributed by atoms with Gasteiger partial charge in [-0.3, -0.25) is 4.79 Å². The highest BCUT2D eigenvalue weighted by Gasteiger charge is 2.16. The molecular weight excluding hydrogens is 294 g/mol. The summed E-state index contributed by atoms with van der Waals surface area (Å²) in [5.74, 6) is -0.0456. The van der Waals surface area contributed by atoms with Gasteiger partial charge >= 0.3 is 0 Å². The molecule has 1 aromatic rings. The van der Waals surface area contributed by atoms with Crippen molar-refractivity contribution in [2.24, 2.45) is 0 Å². The monoisotopic (exact) mass is 303 g/mol. The fourth-order valence-electron chi connectivity index (χ4n) is 1.70. The van der Waals surface area contributed by atoms with Crippen LogP contribution in [0.25, 0.3) is 0 Å². The van der Waals surface area contributed by atoms with Crippen molar-refractivity contribution in [3.63, 3.8) is 0 Å². The first-order valence-corrected chi connectivity index (χ1v) is 6.71. The number of carbonyl (C=O) groups excluding carboxylic acids is 1. The minimum atomic E-state index is -2.05. The Labute approximate surface area is 104 Å². The lowest BCUT2D eigenvalue weighted by Gasteiger charge is -2.09. The van der Waals surface area contributed by atoms with Crippen LogP contribution in [0.1, 0.15) is 18.4 Å². The number of fused-ring (bicyclic) bond motifs is 1. The fourth-order valence-corrected chi connectivity index (χ4v) is 2.95. The predicted octanol–water partition coefficient (Wildman–Crippen LogP) is 2.30. The average Bonchev–Trinajstić information content (AvgIpc) is 2.37. The van der Waals surface area contributed by atoms with Crippen LogP contribution in [0, 0.1) is 0 Å². The van der Waals surface area contributed by atoms with E-state index in [4.69, 9.17) is 4.55 Å². The topological polar surface area (TPSA) is 66.4 Å². The molecule has 86 valence electrons. The molecule has 0 aromatic heterocycles. The van der Waals surface area contributed by atoms with E-state index < -0.39 is 11.1 Å². The summed E-state index contributed by atoms with van der Waals surface area (Å²) in [6.45, 7) is 0. The zero-order chi connectivity index (χ0) is 11.7. The van der Waals surface area contributed by atoms with E-state index in [0.717, 1.165) is 18.4 Å². The Hall–Kier alpha value is -0.720. The Balaban J connectivity index is 2.50. The van der Waals surface area contributed by atoms with Crippen molar-refractivity contribution in [1.29, 1.82) is 0 Å². The Morgan fingerprint density at radius 1 is 1.38 bits per heavy atom. The van der Waals surface area contributed by atoms with Gasteiger partial charge < -0.3 is 9.87 Å². The van der Waals surface area contributed by atoms with Crippen LogP contribution in [0.15, 0.2) is 21.5 Å². The van der Waals surface area contributed by atoms with Crippen molar-refractivity contribution in [2.75, 3.05) is 5.32 Å². The number of benzene rings is 1. The highest BCUT2D eigenvalue weighted by atomic mass is 79.9. The van der Waals surface area contributed by atoms with Crippen LogP contribution in [-0.2, 0) is 22.3 Å². The Bertz CT molecular complexity index is 475. The lowest BCUT2D eigenvalue weighted by molar-refractivity contribution is -0.116. The molecule has 1 atom stereocenters. The van der Waals surface area contributed by atoms with Crippen LogP contribution in [-0.4, -0.2) is 14.7 Å². The number of anilines is 1. The summed E-state index contributed by atoms with van der Waals surface area (Å²) in [6.07, 6.45) is 2.09. The van der Waals surface area contributed by atoms with Crippen LogP contribution in [0.2, 0.25) is 0 Å². The highest BCUT2D eigenvalue weighted by Crippen LogP contribution is 2.30. The molecule has 0 fully saturated rings. The molecule has 2 N–H and O–H groups in total. The van der Waals surface area contributed by atoms with Gasteiger partial charge in [0, 0.05) is 16.6 Å². The van der Waals surface area contributed by atoms with Crippen LogP contribution in [0.3, 0.4) is 0 Å². The average molecular weight is 304 g/mol. The second kappa shape index (κ2) is 4.65. The molecule has 16 heavy (non-hydrogen) atoms. The van der Waals surface area contributed by atoms with Gasteiger partial charge in [0.1, 0.15) is 0 Å². The molecule has 0 saturated carbocycles. The molecule has 1 aliphatic heterocycles. The smallest absolute Gasteiger partial charge is 0.224 e. The summed E-state index contributed by atoms with van der Waals surface area (Å²) in [5.41, 5.74) is 1.63. The first-order chi connectivity index (χ1) is 7.58. The van der Waals surface area contributed by atoms with Crippen LogP contribution in [0.5, 0.6) is 0 Å². The molecule has 1 aromatic carbocycles. The second-order valence-electron chi connectivity index (χ2n) is 3.59. The third kappa shape index (κ3) is 2.34. The number of carbonyl (C=O) groups is 1. The van der Waals surface area contributed by atoms with E-state index in [-0.39, 0.29) is 10.8 Å². The van der Waals surface area contributed by atoms with Gasteiger partial charge in [0.15, 0.2) is 11.1 Å². The normalized spacial score (nSPS) is 17.2. The number of nitrogens with one attached hydrogen (secondary N) is 1. The van der Waals surface area contributed by atoms with E-state index in [1.165, 1.54) is 0 Å². The molecule has 2 rings (SSSR count). The van der Waals surface area contributed by atoms with Crippen molar-refractivity contribution in [1.82, 2.24) is 0 Å². The maximum absolute atomic E-state index is 11.4. The van der Waals surface area contributed by atoms with Crippen LogP contribution < -0.4 is 5.32 Å². The Kier molecular flexibility index (Phi) is 3.41. The number of hydrogen-bond acceptors (Lipinski definition) is 2. The minimum Gasteiger partial charge on any atom is -0.326 e. The summed E-state index contributed by atoms with van der Waals surface area (Å²) in [6, 6.07) is 3.35. The molecule has 6 heteroatoms. The molecule has 4 nitrogen and oxygen atoms in total. The minimum absolute atomic E-state index is 0.0456. The van der Waals surface area contributed by atoms with E-state index >= 15 is 0 Å². The lowest BCUT2D eigenvalue weighted by atomic mass is 10.1. The molecule has 0 bridgehead atoms. The predicted molar refractivity (Wildman–Crippen MR) is 64.7 cm³/mol. The molecule has 0 saturated heterocycles. The van der Waals surface area contributed by atoms with Gasteiger partial charge in [0.05, 0.1) is 4.90 Å². The SMILES string of the molecule is O=C1CCCc2cc(Br)c(S(=O)O)cc2N1. The zero-order valence-corrected chi connectivity index (χ0v) is 10.7. The summed E-state index contributed by atoms with van der Waals surface area (Å²) in [4.78, 5) is 11.6. The van der Waals surface area contributed by atoms with Crippen molar-refractivity contribution >= 4 is 38.6 Å². The maximum Gasteiger partial charge on any atom is 0.224 e. The molecule has 0 radical (unpaired) electrons. The van der Waals surface area contributed by atoms with Crippen molar-refractivity contribution in [3.05, 3.63) is 22.2 Å². The fraction of sp³-hybridized carbons (Fsp3) is 0.300. The van der Waals surface area contributed by atoms with Gasteiger partial charge in [0.25, 0.3) is 0 Å². The first-order valence-electron chi connectivity index (χ1n) is 4.81. The van der Waals surface area contributed by atoms with E-state index in [1.54, 1.807) is 12.1 Å². The third-order valence-electron chi connectivity index (χ3n) is 2.47. The number of amides is 1. The maximum atomic E-state index is 11.4. The standard InChI is InChI=1S/C10H10BrNO3S/c11-7-4-6-2-1-3-10(13)12-8(6)5-9(7)16(14)15/h4-5H,1-3H2,(H,12,13)(H,14,15). The zero-order valence-electron chi connectivity index (χ0n) is 8.33. The molecule has 1 amide bonds. The third-order valence-corrected chi connectivity index (χ3v) is 4.10. The number of hydrogen-bond donors (Lipinski definition) is 2. The van der Waals surface area contributed by atoms with E-state index in [1.807, 2.05) is 0 Å². The number of rotatable bonds is 1. The van der Waals surface area contributed by atoms with Crippen molar-refractivity contribution in [3.8, 4) is 0 Å². The van der Waals surface area contributed by atoms with Crippen LogP contribution >= 0.6 is 15.9 Å². The van der Waals surface area contributed by atoms with Gasteiger partial charge in [-0.1, -0.05) is 0 Å². The van der Waals surface area contributed by atoms with E-state index in [0.29, 0.717) is 16.6 Å². The summed E-state index contributed by atoms with van der Waals surface area (Å²) < 4.78 is 20.7. The highest BCUT2D eigenvalue weighted by molar-refractivity contribution is 9.10. The molecule has 1 aliphatic rings. The second-order valence-corrected chi connectivity index (χ2v) is 5.38. The summed E-state index contributed by atoms with van der Waals surface area (Å²) in [7, 11) is 0. The quantitative estimate of drug-likeness (QED) is 0.782. The first kappa shape index (κ1) is 11.8. The summed E-state index contributed by atoms with van der Waals surface area (Å²) in [5, 5.41) is 2.74. The Morgan fingerprint density at radius 3 is 2.81 bits per heavy atom. The van der Waals surface area contributed by atoms with Gasteiger partial charge in [-0.15, -0.1) is 0 Å². The molecule has 1 heterocycles. The lowest BCUT2D eigenvalue weighted by Crippen LogP contribution is -2.09.